The molecule has 130 valence electrons. The van der Waals surface area contributed by atoms with Crippen molar-refractivity contribution < 1.29 is 12.8 Å². The van der Waals surface area contributed by atoms with Crippen molar-refractivity contribution in [3.05, 3.63) is 71.2 Å². The maximum Gasteiger partial charge on any atom is 0.214 e. The van der Waals surface area contributed by atoms with Crippen molar-refractivity contribution in [3.8, 4) is 0 Å². The first-order valence-electron chi connectivity index (χ1n) is 8.34. The zero-order valence-electron chi connectivity index (χ0n) is 13.7. The lowest BCUT2D eigenvalue weighted by Gasteiger charge is -2.26. The fraction of sp³-hybridized carbons (Fsp3) is 0.263. The Morgan fingerprint density at radius 1 is 1.12 bits per heavy atom. The molecule has 0 aliphatic carbocycles. The van der Waals surface area contributed by atoms with Crippen molar-refractivity contribution in [3.63, 3.8) is 0 Å². The predicted octanol–water partition coefficient (Wildman–Crippen LogP) is 3.24. The minimum Gasteiger partial charge on any atom is -0.358 e. The summed E-state index contributed by atoms with van der Waals surface area (Å²) in [7, 11) is -3.33. The van der Waals surface area contributed by atoms with Crippen LogP contribution in [0.2, 0.25) is 0 Å². The predicted molar refractivity (Wildman–Crippen MR) is 96.3 cm³/mol. The van der Waals surface area contributed by atoms with Gasteiger partial charge in [-0.2, -0.15) is 4.31 Å². The van der Waals surface area contributed by atoms with Crippen molar-refractivity contribution in [2.24, 2.45) is 0 Å². The van der Waals surface area contributed by atoms with Gasteiger partial charge < -0.3 is 4.98 Å². The smallest absolute Gasteiger partial charge is 0.214 e. The van der Waals surface area contributed by atoms with Gasteiger partial charge in [0, 0.05) is 36.1 Å². The number of fused-ring (bicyclic) bond motifs is 3. The standard InChI is InChI=1S/C19H19FN2O2S/c20-15-6-7-16-17-13-22(10-8-18(17)21-19(16)12-15)25(23,24)11-9-14-4-2-1-3-5-14/h1-7,12,21H,8-11,13H2. The van der Waals surface area contributed by atoms with E-state index < -0.39 is 10.0 Å². The molecule has 1 aliphatic heterocycles. The molecule has 0 saturated heterocycles. The van der Waals surface area contributed by atoms with Crippen LogP contribution in [0.5, 0.6) is 0 Å². The minimum atomic E-state index is -3.33. The fourth-order valence-corrected chi connectivity index (χ4v) is 4.87. The molecular formula is C19H19FN2O2S. The Balaban J connectivity index is 1.56. The second-order valence-corrected chi connectivity index (χ2v) is 8.50. The van der Waals surface area contributed by atoms with Gasteiger partial charge in [0.05, 0.1) is 5.75 Å². The zero-order chi connectivity index (χ0) is 17.4. The third kappa shape index (κ3) is 3.19. The van der Waals surface area contributed by atoms with E-state index in [9.17, 15) is 12.8 Å². The van der Waals surface area contributed by atoms with E-state index in [1.807, 2.05) is 30.3 Å². The van der Waals surface area contributed by atoms with E-state index >= 15 is 0 Å². The zero-order valence-corrected chi connectivity index (χ0v) is 14.5. The van der Waals surface area contributed by atoms with Crippen LogP contribution in [0.25, 0.3) is 10.9 Å². The van der Waals surface area contributed by atoms with E-state index in [2.05, 4.69) is 4.98 Å². The molecule has 4 nitrogen and oxygen atoms in total. The van der Waals surface area contributed by atoms with E-state index in [1.165, 1.54) is 12.1 Å². The summed E-state index contributed by atoms with van der Waals surface area (Å²) in [5, 5.41) is 0.902. The number of sulfonamides is 1. The average Bonchev–Trinajstić information content (AvgIpc) is 2.97. The molecule has 0 unspecified atom stereocenters. The fourth-order valence-electron chi connectivity index (χ4n) is 3.43. The van der Waals surface area contributed by atoms with Gasteiger partial charge in [0.2, 0.25) is 10.0 Å². The van der Waals surface area contributed by atoms with Gasteiger partial charge in [-0.15, -0.1) is 0 Å². The molecule has 0 spiro atoms. The maximum atomic E-state index is 13.4. The molecule has 3 aromatic rings. The van der Waals surface area contributed by atoms with E-state index in [0.717, 1.165) is 27.7 Å². The Morgan fingerprint density at radius 3 is 2.72 bits per heavy atom. The number of rotatable bonds is 4. The first kappa shape index (κ1) is 16.3. The topological polar surface area (TPSA) is 53.2 Å². The van der Waals surface area contributed by atoms with Gasteiger partial charge in [-0.1, -0.05) is 30.3 Å². The molecule has 1 N–H and O–H groups in total. The van der Waals surface area contributed by atoms with Gasteiger partial charge in [-0.05, 0) is 35.7 Å². The lowest BCUT2D eigenvalue weighted by atomic mass is 10.1. The van der Waals surface area contributed by atoms with Crippen molar-refractivity contribution in [2.45, 2.75) is 19.4 Å². The quantitative estimate of drug-likeness (QED) is 0.778. The minimum absolute atomic E-state index is 0.101. The molecule has 6 heteroatoms. The number of nitrogens with one attached hydrogen (secondary N) is 1. The van der Waals surface area contributed by atoms with Crippen LogP contribution < -0.4 is 0 Å². The first-order valence-corrected chi connectivity index (χ1v) is 9.94. The number of hydrogen-bond donors (Lipinski definition) is 1. The molecule has 4 rings (SSSR count). The molecule has 2 heterocycles. The van der Waals surface area contributed by atoms with Gasteiger partial charge >= 0.3 is 0 Å². The summed E-state index contributed by atoms with van der Waals surface area (Å²) >= 11 is 0. The monoisotopic (exact) mass is 358 g/mol. The lowest BCUT2D eigenvalue weighted by Crippen LogP contribution is -2.37. The lowest BCUT2D eigenvalue weighted by molar-refractivity contribution is 0.391. The molecule has 1 aromatic heterocycles. The van der Waals surface area contributed by atoms with Crippen LogP contribution >= 0.6 is 0 Å². The normalized spacial score (nSPS) is 15.4. The highest BCUT2D eigenvalue weighted by Gasteiger charge is 2.28. The Labute approximate surface area is 146 Å². The molecule has 1 aliphatic rings. The Kier molecular flexibility index (Phi) is 4.09. The molecule has 0 amide bonds. The number of aromatic nitrogens is 1. The van der Waals surface area contributed by atoms with Crippen LogP contribution in [-0.4, -0.2) is 30.0 Å². The number of aromatic amines is 1. The SMILES string of the molecule is O=S(=O)(CCc1ccccc1)N1CCc2[nH]c3cc(F)ccc3c2C1. The number of aryl methyl sites for hydroxylation is 1. The number of H-pyrrole nitrogens is 1. The first-order chi connectivity index (χ1) is 12.0. The molecule has 0 saturated carbocycles. The second-order valence-electron chi connectivity index (χ2n) is 6.41. The van der Waals surface area contributed by atoms with Crippen LogP contribution in [0.4, 0.5) is 4.39 Å². The van der Waals surface area contributed by atoms with Crippen molar-refractivity contribution >= 4 is 20.9 Å². The number of halogens is 1. The van der Waals surface area contributed by atoms with Crippen molar-refractivity contribution in [2.75, 3.05) is 12.3 Å². The van der Waals surface area contributed by atoms with Crippen LogP contribution in [-0.2, 0) is 29.4 Å². The van der Waals surface area contributed by atoms with Gasteiger partial charge in [0.1, 0.15) is 5.82 Å². The molecule has 2 aromatic carbocycles. The third-order valence-corrected chi connectivity index (χ3v) is 6.61. The molecule has 25 heavy (non-hydrogen) atoms. The Hall–Kier alpha value is -2.18. The molecule has 0 atom stereocenters. The molecule has 0 fully saturated rings. The largest absolute Gasteiger partial charge is 0.358 e. The summed E-state index contributed by atoms with van der Waals surface area (Å²) in [5.41, 5.74) is 3.72. The highest BCUT2D eigenvalue weighted by atomic mass is 32.2. The van der Waals surface area contributed by atoms with E-state index in [0.29, 0.717) is 25.9 Å². The van der Waals surface area contributed by atoms with Gasteiger partial charge in [-0.25, -0.2) is 12.8 Å². The number of hydrogen-bond acceptors (Lipinski definition) is 2. The summed E-state index contributed by atoms with van der Waals surface area (Å²) in [5.74, 6) is -0.193. The van der Waals surface area contributed by atoms with Crippen LogP contribution in [0.1, 0.15) is 16.8 Å². The van der Waals surface area contributed by atoms with Gasteiger partial charge in [0.25, 0.3) is 0 Å². The summed E-state index contributed by atoms with van der Waals surface area (Å²) in [6.45, 7) is 0.803. The second kappa shape index (κ2) is 6.28. The van der Waals surface area contributed by atoms with Crippen molar-refractivity contribution in [1.82, 2.24) is 9.29 Å². The molecule has 0 radical (unpaired) electrons. The van der Waals surface area contributed by atoms with Crippen LogP contribution in [0, 0.1) is 5.82 Å². The molecule has 0 bridgehead atoms. The molecular weight excluding hydrogens is 339 g/mol. The average molecular weight is 358 g/mol. The summed E-state index contributed by atoms with van der Waals surface area (Å²) in [4.78, 5) is 3.23. The Bertz CT molecular complexity index is 1010. The highest BCUT2D eigenvalue weighted by Crippen LogP contribution is 2.29. The summed E-state index contributed by atoms with van der Waals surface area (Å²) in [6, 6.07) is 14.2. The van der Waals surface area contributed by atoms with Crippen molar-refractivity contribution in [1.29, 1.82) is 0 Å². The summed E-state index contributed by atoms with van der Waals surface area (Å²) < 4.78 is 40.4. The highest BCUT2D eigenvalue weighted by molar-refractivity contribution is 7.89. The Morgan fingerprint density at radius 2 is 1.92 bits per heavy atom. The number of benzene rings is 2. The third-order valence-electron chi connectivity index (χ3n) is 4.79. The van der Waals surface area contributed by atoms with E-state index in [1.54, 1.807) is 10.4 Å². The van der Waals surface area contributed by atoms with Crippen LogP contribution in [0.3, 0.4) is 0 Å². The van der Waals surface area contributed by atoms with E-state index in [-0.39, 0.29) is 11.6 Å². The summed E-state index contributed by atoms with van der Waals surface area (Å²) in [6.07, 6.45) is 1.13. The number of nitrogens with zero attached hydrogens (tertiary/aromatic N) is 1. The van der Waals surface area contributed by atoms with Crippen LogP contribution in [0.15, 0.2) is 48.5 Å². The van der Waals surface area contributed by atoms with E-state index in [4.69, 9.17) is 0 Å². The van der Waals surface area contributed by atoms with Gasteiger partial charge in [-0.3, -0.25) is 0 Å². The van der Waals surface area contributed by atoms with Gasteiger partial charge in [0.15, 0.2) is 0 Å². The maximum absolute atomic E-state index is 13.4.